The number of aromatic nitrogens is 2. The number of hydrogen-bond acceptors (Lipinski definition) is 4. The summed E-state index contributed by atoms with van der Waals surface area (Å²) in [5, 5.41) is 11.5. The van der Waals surface area contributed by atoms with Crippen LogP contribution in [0.25, 0.3) is 11.0 Å². The van der Waals surface area contributed by atoms with Crippen molar-refractivity contribution in [1.29, 1.82) is 0 Å². The van der Waals surface area contributed by atoms with Gasteiger partial charge in [-0.25, -0.2) is 4.98 Å². The first-order valence-corrected chi connectivity index (χ1v) is 5.52. The molecule has 2 rings (SSSR count). The van der Waals surface area contributed by atoms with Crippen LogP contribution < -0.4 is 10.9 Å². The molecule has 0 saturated heterocycles. The van der Waals surface area contributed by atoms with Gasteiger partial charge in [0.1, 0.15) is 11.7 Å². The van der Waals surface area contributed by atoms with E-state index in [0.29, 0.717) is 11.0 Å². The Labute approximate surface area is 103 Å². The monoisotopic (exact) mass is 247 g/mol. The molecule has 94 valence electrons. The fourth-order valence-corrected chi connectivity index (χ4v) is 1.52. The van der Waals surface area contributed by atoms with Crippen LogP contribution in [-0.4, -0.2) is 27.1 Å². The van der Waals surface area contributed by atoms with E-state index in [2.05, 4.69) is 15.3 Å². The van der Waals surface area contributed by atoms with Crippen LogP contribution >= 0.6 is 0 Å². The third-order valence-corrected chi connectivity index (χ3v) is 2.62. The van der Waals surface area contributed by atoms with Crippen LogP contribution in [0.4, 0.5) is 0 Å². The average molecular weight is 247 g/mol. The second-order valence-electron chi connectivity index (χ2n) is 3.97. The zero-order chi connectivity index (χ0) is 13.1. The fourth-order valence-electron chi connectivity index (χ4n) is 1.52. The number of nitrogens with one attached hydrogen (secondary N) is 2. The van der Waals surface area contributed by atoms with Gasteiger partial charge in [0.2, 0.25) is 0 Å². The number of rotatable bonds is 4. The lowest BCUT2D eigenvalue weighted by molar-refractivity contribution is -0.139. The Balaban J connectivity index is 2.26. The Bertz CT molecular complexity index is 636. The van der Waals surface area contributed by atoms with Crippen molar-refractivity contribution in [2.75, 3.05) is 0 Å². The van der Waals surface area contributed by atoms with Gasteiger partial charge in [-0.2, -0.15) is 0 Å². The Morgan fingerprint density at radius 2 is 2.22 bits per heavy atom. The largest absolute Gasteiger partial charge is 0.480 e. The van der Waals surface area contributed by atoms with E-state index in [9.17, 15) is 9.59 Å². The molecule has 0 radical (unpaired) electrons. The lowest BCUT2D eigenvalue weighted by Gasteiger charge is -2.08. The summed E-state index contributed by atoms with van der Waals surface area (Å²) in [7, 11) is 0. The van der Waals surface area contributed by atoms with Gasteiger partial charge in [-0.05, 0) is 19.1 Å². The van der Waals surface area contributed by atoms with Crippen LogP contribution in [0.1, 0.15) is 12.6 Å². The molecule has 2 aromatic rings. The maximum atomic E-state index is 11.7. The van der Waals surface area contributed by atoms with Crippen LogP contribution in [0.15, 0.2) is 29.1 Å². The molecule has 0 amide bonds. The third kappa shape index (κ3) is 2.54. The number of benzene rings is 1. The molecule has 0 aliphatic rings. The van der Waals surface area contributed by atoms with E-state index in [1.54, 1.807) is 12.1 Å². The summed E-state index contributed by atoms with van der Waals surface area (Å²) >= 11 is 0. The van der Waals surface area contributed by atoms with E-state index in [1.807, 2.05) is 12.1 Å². The molecular weight excluding hydrogens is 234 g/mol. The summed E-state index contributed by atoms with van der Waals surface area (Å²) in [4.78, 5) is 29.3. The van der Waals surface area contributed by atoms with E-state index in [4.69, 9.17) is 5.11 Å². The van der Waals surface area contributed by atoms with Gasteiger partial charge in [-0.3, -0.25) is 14.9 Å². The van der Waals surface area contributed by atoms with Crippen molar-refractivity contribution in [3.63, 3.8) is 0 Å². The zero-order valence-corrected chi connectivity index (χ0v) is 9.80. The van der Waals surface area contributed by atoms with Crippen LogP contribution in [0, 0.1) is 0 Å². The molecule has 0 bridgehead atoms. The van der Waals surface area contributed by atoms with Gasteiger partial charge in [-0.15, -0.1) is 0 Å². The maximum absolute atomic E-state index is 11.7. The molecule has 0 fully saturated rings. The number of hydrogen-bond donors (Lipinski definition) is 3. The standard InChI is InChI=1S/C12H13N3O3/c1-7(12(17)18)13-6-10-11(16)15-9-5-3-2-4-8(9)14-10/h2-5,7,13H,6H2,1H3,(H,15,16)(H,17,18)/t7-/m0/s1. The van der Waals surface area contributed by atoms with E-state index in [0.717, 1.165) is 0 Å². The summed E-state index contributed by atoms with van der Waals surface area (Å²) in [6.07, 6.45) is 0. The number of carboxylic acid groups (broad SMARTS) is 1. The summed E-state index contributed by atoms with van der Waals surface area (Å²) in [6.45, 7) is 1.63. The first-order chi connectivity index (χ1) is 8.58. The van der Waals surface area contributed by atoms with Crippen molar-refractivity contribution in [3.05, 3.63) is 40.3 Å². The summed E-state index contributed by atoms with van der Waals surface area (Å²) in [6, 6.07) is 6.46. The number of H-pyrrole nitrogens is 1. The molecule has 0 spiro atoms. The molecule has 3 N–H and O–H groups in total. The van der Waals surface area contributed by atoms with Gasteiger partial charge in [-0.1, -0.05) is 12.1 Å². The Morgan fingerprint density at radius 3 is 2.94 bits per heavy atom. The van der Waals surface area contributed by atoms with Crippen molar-refractivity contribution in [3.8, 4) is 0 Å². The number of carbonyl (C=O) groups is 1. The molecule has 1 aromatic heterocycles. The Kier molecular flexibility index (Phi) is 3.38. The number of fused-ring (bicyclic) bond motifs is 1. The van der Waals surface area contributed by atoms with E-state index >= 15 is 0 Å². The molecule has 0 aliphatic carbocycles. The molecule has 0 saturated carbocycles. The van der Waals surface area contributed by atoms with E-state index in [-0.39, 0.29) is 17.8 Å². The Morgan fingerprint density at radius 1 is 1.50 bits per heavy atom. The quantitative estimate of drug-likeness (QED) is 0.730. The summed E-state index contributed by atoms with van der Waals surface area (Å²) in [5.74, 6) is -0.966. The third-order valence-electron chi connectivity index (χ3n) is 2.62. The highest BCUT2D eigenvalue weighted by molar-refractivity contribution is 5.74. The topological polar surface area (TPSA) is 95.1 Å². The van der Waals surface area contributed by atoms with Gasteiger partial charge in [0.05, 0.1) is 11.0 Å². The molecule has 1 heterocycles. The summed E-state index contributed by atoms with van der Waals surface area (Å²) < 4.78 is 0. The van der Waals surface area contributed by atoms with Gasteiger partial charge in [0.15, 0.2) is 0 Å². The molecule has 6 heteroatoms. The van der Waals surface area contributed by atoms with Crippen molar-refractivity contribution in [2.45, 2.75) is 19.5 Å². The van der Waals surface area contributed by atoms with Crippen LogP contribution in [0.2, 0.25) is 0 Å². The smallest absolute Gasteiger partial charge is 0.320 e. The molecule has 1 atom stereocenters. The van der Waals surface area contributed by atoms with Crippen molar-refractivity contribution in [1.82, 2.24) is 15.3 Å². The first-order valence-electron chi connectivity index (χ1n) is 5.52. The second kappa shape index (κ2) is 4.97. The lowest BCUT2D eigenvalue weighted by Crippen LogP contribution is -2.35. The van der Waals surface area contributed by atoms with Crippen molar-refractivity contribution < 1.29 is 9.90 Å². The number of aliphatic carboxylic acids is 1. The van der Waals surface area contributed by atoms with Crippen molar-refractivity contribution in [2.24, 2.45) is 0 Å². The fraction of sp³-hybridized carbons (Fsp3) is 0.250. The van der Waals surface area contributed by atoms with E-state index < -0.39 is 12.0 Å². The minimum atomic E-state index is -0.966. The minimum Gasteiger partial charge on any atom is -0.480 e. The van der Waals surface area contributed by atoms with Crippen LogP contribution in [0.3, 0.4) is 0 Å². The highest BCUT2D eigenvalue weighted by Crippen LogP contribution is 2.05. The van der Waals surface area contributed by atoms with Crippen LogP contribution in [-0.2, 0) is 11.3 Å². The lowest BCUT2D eigenvalue weighted by atomic mass is 10.3. The normalized spacial score (nSPS) is 12.5. The number of nitrogens with zero attached hydrogens (tertiary/aromatic N) is 1. The molecule has 1 aromatic carbocycles. The summed E-state index contributed by atoms with van der Waals surface area (Å²) in [5.41, 5.74) is 1.31. The van der Waals surface area contributed by atoms with Gasteiger partial charge < -0.3 is 10.1 Å². The number of carboxylic acids is 1. The van der Waals surface area contributed by atoms with Crippen LogP contribution in [0.5, 0.6) is 0 Å². The van der Waals surface area contributed by atoms with E-state index in [1.165, 1.54) is 6.92 Å². The van der Waals surface area contributed by atoms with Gasteiger partial charge >= 0.3 is 5.97 Å². The predicted molar refractivity (Wildman–Crippen MR) is 66.3 cm³/mol. The first kappa shape index (κ1) is 12.3. The Hall–Kier alpha value is -2.21. The zero-order valence-electron chi connectivity index (χ0n) is 9.80. The molecule has 6 nitrogen and oxygen atoms in total. The minimum absolute atomic E-state index is 0.119. The SMILES string of the molecule is C[C@H](NCc1nc2ccccc2[nH]c1=O)C(=O)O. The van der Waals surface area contributed by atoms with Gasteiger partial charge in [0.25, 0.3) is 5.56 Å². The molecular formula is C12H13N3O3. The highest BCUT2D eigenvalue weighted by atomic mass is 16.4. The second-order valence-corrected chi connectivity index (χ2v) is 3.97. The number of para-hydroxylation sites is 2. The predicted octanol–water partition coefficient (Wildman–Crippen LogP) is 0.486. The molecule has 0 unspecified atom stereocenters. The average Bonchev–Trinajstić information content (AvgIpc) is 2.35. The molecule has 0 aliphatic heterocycles. The van der Waals surface area contributed by atoms with Crippen molar-refractivity contribution >= 4 is 17.0 Å². The molecule has 18 heavy (non-hydrogen) atoms. The number of aromatic amines is 1. The van der Waals surface area contributed by atoms with Gasteiger partial charge in [0, 0.05) is 6.54 Å². The highest BCUT2D eigenvalue weighted by Gasteiger charge is 2.11. The maximum Gasteiger partial charge on any atom is 0.320 e.